The Morgan fingerprint density at radius 3 is 1.37 bits per heavy atom. The van der Waals surface area contributed by atoms with Crippen LogP contribution in [0.25, 0.3) is 10.8 Å². The highest BCUT2D eigenvalue weighted by Crippen LogP contribution is 2.40. The monoisotopic (exact) mass is 2250 g/mol. The number of nitrogens with one attached hydrogen (secondary N) is 1. The fourth-order valence-corrected chi connectivity index (χ4v) is 16.6. The van der Waals surface area contributed by atoms with Gasteiger partial charge in [-0.15, -0.1) is 5.10 Å². The van der Waals surface area contributed by atoms with Crippen molar-refractivity contribution in [2.24, 2.45) is 35.1 Å². The van der Waals surface area contributed by atoms with Crippen LogP contribution < -0.4 is 24.1 Å². The number of phenolic OH excluding ortho intramolecular Hbond substituents is 5. The van der Waals surface area contributed by atoms with E-state index >= 15 is 0 Å². The highest BCUT2D eigenvalue weighted by Gasteiger charge is 2.24. The summed E-state index contributed by atoms with van der Waals surface area (Å²) in [6.07, 6.45) is 8.55. The van der Waals surface area contributed by atoms with Gasteiger partial charge in [0.05, 0.1) is 84.4 Å². The van der Waals surface area contributed by atoms with E-state index in [0.29, 0.717) is 106 Å². The van der Waals surface area contributed by atoms with Gasteiger partial charge in [0.2, 0.25) is 38.2 Å². The van der Waals surface area contributed by atoms with Crippen molar-refractivity contribution >= 4 is 263 Å². The molecule has 1 heterocycles. The number of nitro benzene ring substituents is 4. The number of aromatic hydroxyl groups is 5. The second-order valence-corrected chi connectivity index (χ2v) is 37.2. The van der Waals surface area contributed by atoms with E-state index < -0.39 is 68.4 Å². The highest BCUT2D eigenvalue weighted by molar-refractivity contribution is 9.11. The summed E-state index contributed by atoms with van der Waals surface area (Å²) in [6.45, 7) is 5.91. The Morgan fingerprint density at radius 1 is 0.449 bits per heavy atom. The van der Waals surface area contributed by atoms with Gasteiger partial charge in [-0.25, -0.2) is 22.0 Å². The van der Waals surface area contributed by atoms with Gasteiger partial charge in [-0.05, 0) is 206 Å². The first-order valence-electron chi connectivity index (χ1n) is 38.3. The summed E-state index contributed by atoms with van der Waals surface area (Å²) in [5.41, 5.74) is 5.85. The van der Waals surface area contributed by atoms with E-state index in [1.165, 1.54) is 85.5 Å². The van der Waals surface area contributed by atoms with E-state index in [-0.39, 0.29) is 60.0 Å². The Hall–Kier alpha value is -13.3. The standard InChI is InChI=1S/C21H18N4O4S2.C15H16N2O4S.2C14H10BrClN2O3.C13H7BrCl2N2O3.C13H8BrClN2O3/c1-2-29-21-24-23-20(30-21)25-31(27,28)16-10-8-15(9-11-16)22-13-18-17-6-4-3-5-14(17)7-12-19(18)26;1-20-14-5-3-4-11(15(14)21-2)10-17-12-6-8-13(9-7-12)22(16,18)19;1-8-2-3-11(6-12(8)16)17-7-9-4-10(15)5-13(14(9)19)18(20)21;1-8-11(16)3-2-4-12(8)17-7-9-5-10(15)6-13(14(9)19)18(20)21;14-8-1-7(13(19)12(2-8)18(20)21)6-17-11-4-9(15)3-10(16)5-11;14-9-4-8(13(18)12(5-9)17(19)20)7-16-11-3-1-2-10(15)6-11/h3-13,26H,2H2,1H3,(H,23,25);3-10H,1-2H3,(H2,16,18,19);2*2-7,19H,1H3;1-6,19H;1-7,18H. The third-order valence-corrected chi connectivity index (χ3v) is 24.3. The van der Waals surface area contributed by atoms with Crippen molar-refractivity contribution in [3.8, 4) is 45.4 Å². The number of fused-ring (bicyclic) bond motifs is 1. The molecule has 0 unspecified atom stereocenters. The molecule has 0 aliphatic heterocycles. The molecule has 136 heavy (non-hydrogen) atoms. The lowest BCUT2D eigenvalue weighted by atomic mass is 10.0. The molecule has 13 aromatic carbocycles. The Kier molecular flexibility index (Phi) is 39.0. The van der Waals surface area contributed by atoms with Crippen LogP contribution in [0.15, 0.2) is 288 Å². The van der Waals surface area contributed by atoms with Crippen LogP contribution in [0.1, 0.15) is 51.4 Å². The molecular weight excluding hydrogens is 2190 g/mol. The van der Waals surface area contributed by atoms with Crippen molar-refractivity contribution in [2.45, 2.75) is 30.6 Å². The number of nitrogens with two attached hydrogens (primary N) is 1. The van der Waals surface area contributed by atoms with Gasteiger partial charge in [-0.2, -0.15) is 0 Å². The van der Waals surface area contributed by atoms with Gasteiger partial charge in [0.15, 0.2) is 11.5 Å². The summed E-state index contributed by atoms with van der Waals surface area (Å²) in [7, 11) is -4.41. The number of rotatable bonds is 24. The number of benzene rings is 13. The van der Waals surface area contributed by atoms with E-state index in [4.69, 9.17) is 77.4 Å². The van der Waals surface area contributed by atoms with Crippen LogP contribution >= 0.6 is 133 Å². The summed E-state index contributed by atoms with van der Waals surface area (Å²) in [5.74, 6) is -0.430. The number of hydrogen-bond donors (Lipinski definition) is 7. The Bertz CT molecular complexity index is 7240. The van der Waals surface area contributed by atoms with Crippen LogP contribution in [0, 0.1) is 54.3 Å². The van der Waals surface area contributed by atoms with Gasteiger partial charge >= 0.3 is 22.7 Å². The topological polar surface area (TPSA) is 508 Å². The van der Waals surface area contributed by atoms with Crippen LogP contribution in [0.4, 0.5) is 62.0 Å². The number of nitrogens with zero attached hydrogens (tertiary/aromatic N) is 12. The molecule has 0 spiro atoms. The second-order valence-electron chi connectivity index (χ2n) is 27.2. The number of primary sulfonamides is 1. The van der Waals surface area contributed by atoms with Gasteiger partial charge in [0.1, 0.15) is 5.75 Å². The molecule has 8 N–H and O–H groups in total. The minimum Gasteiger partial charge on any atom is -0.507 e. The first-order chi connectivity index (χ1) is 64.5. The summed E-state index contributed by atoms with van der Waals surface area (Å²) < 4.78 is 67.5. The fraction of sp³-hybridized carbons (Fsp3) is 0.0667. The quantitative estimate of drug-likeness (QED) is 0.0168. The number of phenols is 5. The van der Waals surface area contributed by atoms with E-state index in [1.54, 1.807) is 155 Å². The van der Waals surface area contributed by atoms with E-state index in [2.05, 4.69) is 109 Å². The molecule has 0 bridgehead atoms. The van der Waals surface area contributed by atoms with Gasteiger partial charge in [0.25, 0.3) is 15.2 Å². The molecule has 34 nitrogen and oxygen atoms in total. The number of sulfonamides is 2. The zero-order valence-electron chi connectivity index (χ0n) is 70.5. The largest absolute Gasteiger partial charge is 0.507 e. The van der Waals surface area contributed by atoms with Gasteiger partial charge in [-0.3, -0.25) is 75.1 Å². The first kappa shape index (κ1) is 106. The Labute approximate surface area is 837 Å². The summed E-state index contributed by atoms with van der Waals surface area (Å²) in [4.78, 5) is 66.1. The molecule has 0 aliphatic carbocycles. The number of aryl methyl sites for hydroxylation is 1. The van der Waals surface area contributed by atoms with Crippen molar-refractivity contribution in [1.29, 1.82) is 0 Å². The van der Waals surface area contributed by atoms with E-state index in [0.717, 1.165) is 38.8 Å². The molecule has 1 aromatic heterocycles. The first-order valence-corrected chi connectivity index (χ1v) is 47.2. The molecule has 0 radical (unpaired) electrons. The summed E-state index contributed by atoms with van der Waals surface area (Å²) >= 11 is 43.2. The maximum Gasteiger partial charge on any atom is 0.312 e. The molecule has 0 amide bonds. The number of anilines is 1. The summed E-state index contributed by atoms with van der Waals surface area (Å²) in [5, 5.41) is 110. The molecule has 0 fully saturated rings. The molecule has 0 aliphatic rings. The smallest absolute Gasteiger partial charge is 0.312 e. The predicted molar refractivity (Wildman–Crippen MR) is 545 cm³/mol. The summed E-state index contributed by atoms with van der Waals surface area (Å²) in [6, 6.07) is 61.7. The molecule has 0 atom stereocenters. The molecule has 14 aromatic rings. The zero-order chi connectivity index (χ0) is 99.4. The van der Waals surface area contributed by atoms with Gasteiger partial charge in [0, 0.05) is 138 Å². The molecular formula is C90H69Br4Cl5N14O20S3. The molecule has 14 rings (SSSR count). The number of halogens is 9. The van der Waals surface area contributed by atoms with E-state index in [9.17, 15) is 82.8 Å². The maximum absolute atomic E-state index is 12.6. The van der Waals surface area contributed by atoms with Crippen molar-refractivity contribution < 1.29 is 76.3 Å². The second kappa shape index (κ2) is 49.8. The lowest BCUT2D eigenvalue weighted by molar-refractivity contribution is -0.386. The van der Waals surface area contributed by atoms with Crippen molar-refractivity contribution in [3.05, 3.63) is 358 Å². The highest BCUT2D eigenvalue weighted by atomic mass is 79.9. The maximum atomic E-state index is 12.6. The number of aliphatic imine (C=N–C) groups is 6. The SMILES string of the molecule is CCOc1nnc(NS(=O)(=O)c2ccc(N=Cc3c(O)ccc4ccccc34)cc2)s1.COc1cccc(C=Nc2ccc(S(N)(=O)=O)cc2)c1OC.Cc1c(Cl)cccc1N=Cc1cc(Br)cc([N+](=O)[O-])c1O.Cc1ccc(N=Cc2cc(Br)cc([N+](=O)[O-])c2O)cc1Cl.O=[N+]([O-])c1cc(Br)cc(C=Nc2cc(Cl)cc(Cl)c2)c1O.O=[N+]([O-])c1cc(Br)cc(C=Nc2cccc(Cl)c2)c1O. The van der Waals surface area contributed by atoms with Crippen LogP contribution in [-0.4, -0.2) is 130 Å². The van der Waals surface area contributed by atoms with Crippen LogP contribution in [0.5, 0.6) is 45.4 Å². The lowest BCUT2D eigenvalue weighted by Gasteiger charge is -2.09. The molecule has 0 saturated heterocycles. The average Bonchev–Trinajstić information content (AvgIpc) is 1.73. The number of para-hydroxylation sites is 1. The molecule has 0 saturated carbocycles. The van der Waals surface area contributed by atoms with Gasteiger partial charge < -0.3 is 39.7 Å². The molecule has 700 valence electrons. The number of methoxy groups -OCH3 is 2. The minimum absolute atomic E-state index is 0.0467. The van der Waals surface area contributed by atoms with Crippen molar-refractivity contribution in [1.82, 2.24) is 10.2 Å². The van der Waals surface area contributed by atoms with Gasteiger partial charge in [-0.1, -0.05) is 181 Å². The number of nitro groups is 4. The van der Waals surface area contributed by atoms with Crippen LogP contribution in [0.2, 0.25) is 25.1 Å². The van der Waals surface area contributed by atoms with Crippen LogP contribution in [-0.2, 0) is 20.0 Å². The Balaban J connectivity index is 0.000000184. The fourth-order valence-electron chi connectivity index (χ4n) is 11.3. The Morgan fingerprint density at radius 2 is 0.890 bits per heavy atom. The predicted octanol–water partition coefficient (Wildman–Crippen LogP) is 25.6. The molecule has 46 heteroatoms. The van der Waals surface area contributed by atoms with Crippen LogP contribution in [0.3, 0.4) is 0 Å². The third-order valence-electron chi connectivity index (χ3n) is 17.9. The normalized spacial score (nSPS) is 11.3. The number of aromatic nitrogens is 2. The van der Waals surface area contributed by atoms with Crippen molar-refractivity contribution in [3.63, 3.8) is 0 Å². The van der Waals surface area contributed by atoms with E-state index in [1.807, 2.05) is 62.4 Å². The number of ether oxygens (including phenoxy) is 3. The van der Waals surface area contributed by atoms with Crippen molar-refractivity contribution in [2.75, 3.05) is 25.5 Å². The zero-order valence-corrected chi connectivity index (χ0v) is 83.1. The minimum atomic E-state index is -3.82. The third kappa shape index (κ3) is 30.9. The average molecular weight is 2260 g/mol. The lowest BCUT2D eigenvalue weighted by Crippen LogP contribution is -2.12. The number of hydrogen-bond acceptors (Lipinski definition) is 29.